The molecular weight excluding hydrogens is 312 g/mol. The number of anilines is 2. The second kappa shape index (κ2) is 6.20. The van der Waals surface area contributed by atoms with E-state index in [0.717, 1.165) is 16.8 Å². The van der Waals surface area contributed by atoms with E-state index in [2.05, 4.69) is 15.3 Å². The second-order valence-corrected chi connectivity index (χ2v) is 5.74. The van der Waals surface area contributed by atoms with E-state index in [0.29, 0.717) is 17.0 Å². The molecule has 2 heterocycles. The summed E-state index contributed by atoms with van der Waals surface area (Å²) in [5, 5.41) is 3.23. The number of aryl methyl sites for hydroxylation is 1. The number of nitrogens with zero attached hydrogens (tertiary/aromatic N) is 3. The first-order chi connectivity index (χ1) is 12.2. The lowest BCUT2D eigenvalue weighted by Crippen LogP contribution is -2.21. The molecule has 0 saturated carbocycles. The van der Waals surface area contributed by atoms with Crippen LogP contribution in [-0.2, 0) is 7.05 Å². The standard InChI is InChI=1S/C20H16N4O/c1-24-17-12-18(22-15-10-6-3-7-11-15)21-13-16(17)23-19(20(24)25)14-8-4-2-5-9-14/h2-13H,1H3,(H,21,22). The lowest BCUT2D eigenvalue weighted by molar-refractivity contribution is 0.894. The third-order valence-electron chi connectivity index (χ3n) is 4.06. The van der Waals surface area contributed by atoms with E-state index in [9.17, 15) is 4.79 Å². The first kappa shape index (κ1) is 15.1. The Morgan fingerprint density at radius 1 is 0.960 bits per heavy atom. The van der Waals surface area contributed by atoms with Crippen LogP contribution < -0.4 is 10.9 Å². The maximum absolute atomic E-state index is 12.7. The van der Waals surface area contributed by atoms with Crippen molar-refractivity contribution in [3.63, 3.8) is 0 Å². The summed E-state index contributed by atoms with van der Waals surface area (Å²) in [6.45, 7) is 0. The minimum absolute atomic E-state index is 0.129. The van der Waals surface area contributed by atoms with Crippen molar-refractivity contribution in [3.8, 4) is 11.3 Å². The predicted molar refractivity (Wildman–Crippen MR) is 99.9 cm³/mol. The molecule has 0 saturated heterocycles. The molecule has 0 aliphatic rings. The van der Waals surface area contributed by atoms with E-state index in [1.807, 2.05) is 66.7 Å². The Kier molecular flexibility index (Phi) is 3.74. The number of aromatic nitrogens is 3. The third-order valence-corrected chi connectivity index (χ3v) is 4.06. The maximum Gasteiger partial charge on any atom is 0.277 e. The Labute approximate surface area is 144 Å². The normalized spacial score (nSPS) is 10.8. The van der Waals surface area contributed by atoms with Gasteiger partial charge >= 0.3 is 0 Å². The van der Waals surface area contributed by atoms with Crippen LogP contribution in [-0.4, -0.2) is 14.5 Å². The van der Waals surface area contributed by atoms with Gasteiger partial charge in [-0.2, -0.15) is 0 Å². The van der Waals surface area contributed by atoms with Crippen molar-refractivity contribution >= 4 is 22.5 Å². The summed E-state index contributed by atoms with van der Waals surface area (Å²) in [5.41, 5.74) is 3.46. The first-order valence-corrected chi connectivity index (χ1v) is 7.96. The van der Waals surface area contributed by atoms with Crippen molar-refractivity contribution in [2.24, 2.45) is 7.05 Å². The molecule has 1 N–H and O–H groups in total. The highest BCUT2D eigenvalue weighted by Gasteiger charge is 2.11. The summed E-state index contributed by atoms with van der Waals surface area (Å²) >= 11 is 0. The summed E-state index contributed by atoms with van der Waals surface area (Å²) in [4.78, 5) is 21.7. The fourth-order valence-corrected chi connectivity index (χ4v) is 2.75. The highest BCUT2D eigenvalue weighted by molar-refractivity contribution is 5.80. The number of hydrogen-bond acceptors (Lipinski definition) is 4. The van der Waals surface area contributed by atoms with Gasteiger partial charge in [0.05, 0.1) is 11.7 Å². The van der Waals surface area contributed by atoms with Crippen LogP contribution in [0.2, 0.25) is 0 Å². The zero-order chi connectivity index (χ0) is 17.2. The van der Waals surface area contributed by atoms with E-state index in [1.165, 1.54) is 0 Å². The van der Waals surface area contributed by atoms with Gasteiger partial charge in [-0.1, -0.05) is 48.5 Å². The lowest BCUT2D eigenvalue weighted by atomic mass is 10.1. The minimum atomic E-state index is -0.129. The van der Waals surface area contributed by atoms with Crippen molar-refractivity contribution in [1.82, 2.24) is 14.5 Å². The molecule has 0 atom stereocenters. The van der Waals surface area contributed by atoms with Crippen LogP contribution >= 0.6 is 0 Å². The van der Waals surface area contributed by atoms with Crippen molar-refractivity contribution in [2.75, 3.05) is 5.32 Å². The van der Waals surface area contributed by atoms with Gasteiger partial charge in [0, 0.05) is 24.4 Å². The Morgan fingerprint density at radius 3 is 2.36 bits per heavy atom. The Balaban J connectivity index is 1.82. The molecule has 0 fully saturated rings. The topological polar surface area (TPSA) is 59.8 Å². The van der Waals surface area contributed by atoms with Crippen LogP contribution in [0.25, 0.3) is 22.3 Å². The van der Waals surface area contributed by atoms with E-state index in [4.69, 9.17) is 0 Å². The third kappa shape index (κ3) is 2.87. The Morgan fingerprint density at radius 2 is 1.64 bits per heavy atom. The van der Waals surface area contributed by atoms with Gasteiger partial charge in [-0.25, -0.2) is 9.97 Å². The molecule has 2 aromatic carbocycles. The maximum atomic E-state index is 12.7. The van der Waals surface area contributed by atoms with E-state index < -0.39 is 0 Å². The summed E-state index contributed by atoms with van der Waals surface area (Å²) in [6.07, 6.45) is 1.69. The molecule has 5 heteroatoms. The predicted octanol–water partition coefficient (Wildman–Crippen LogP) is 3.74. The highest BCUT2D eigenvalue weighted by Crippen LogP contribution is 2.20. The molecule has 4 aromatic rings. The van der Waals surface area contributed by atoms with Crippen LogP contribution in [0.3, 0.4) is 0 Å². The van der Waals surface area contributed by atoms with Crippen LogP contribution in [0.5, 0.6) is 0 Å². The van der Waals surface area contributed by atoms with Crippen LogP contribution in [0.4, 0.5) is 11.5 Å². The average molecular weight is 328 g/mol. The fraction of sp³-hybridized carbons (Fsp3) is 0.0500. The smallest absolute Gasteiger partial charge is 0.277 e. The molecule has 0 amide bonds. The molecule has 0 bridgehead atoms. The van der Waals surface area contributed by atoms with Gasteiger partial charge in [-0.3, -0.25) is 4.79 Å². The summed E-state index contributed by atoms with van der Waals surface area (Å²) in [5.74, 6) is 0.669. The summed E-state index contributed by atoms with van der Waals surface area (Å²) in [7, 11) is 1.76. The monoisotopic (exact) mass is 328 g/mol. The minimum Gasteiger partial charge on any atom is -0.340 e. The zero-order valence-corrected chi connectivity index (χ0v) is 13.7. The Bertz CT molecular complexity index is 1090. The molecule has 4 rings (SSSR count). The largest absolute Gasteiger partial charge is 0.340 e. The zero-order valence-electron chi connectivity index (χ0n) is 13.7. The molecule has 0 unspecified atom stereocenters. The number of pyridine rings is 1. The highest BCUT2D eigenvalue weighted by atomic mass is 16.1. The molecule has 5 nitrogen and oxygen atoms in total. The molecular formula is C20H16N4O. The Hall–Kier alpha value is -3.47. The van der Waals surface area contributed by atoms with Gasteiger partial charge in [-0.15, -0.1) is 0 Å². The number of rotatable bonds is 3. The van der Waals surface area contributed by atoms with Crippen molar-refractivity contribution in [2.45, 2.75) is 0 Å². The molecule has 0 spiro atoms. The number of para-hydroxylation sites is 1. The van der Waals surface area contributed by atoms with Crippen LogP contribution in [0.15, 0.2) is 77.7 Å². The number of hydrogen-bond donors (Lipinski definition) is 1. The average Bonchev–Trinajstić information content (AvgIpc) is 2.66. The van der Waals surface area contributed by atoms with Crippen molar-refractivity contribution < 1.29 is 0 Å². The van der Waals surface area contributed by atoms with Crippen molar-refractivity contribution in [1.29, 1.82) is 0 Å². The van der Waals surface area contributed by atoms with Crippen LogP contribution in [0, 0.1) is 0 Å². The van der Waals surface area contributed by atoms with Gasteiger partial charge in [0.15, 0.2) is 0 Å². The molecule has 122 valence electrons. The van der Waals surface area contributed by atoms with Crippen LogP contribution in [0.1, 0.15) is 0 Å². The quantitative estimate of drug-likeness (QED) is 0.622. The fourth-order valence-electron chi connectivity index (χ4n) is 2.75. The molecule has 2 aromatic heterocycles. The summed E-state index contributed by atoms with van der Waals surface area (Å²) < 4.78 is 1.61. The van der Waals surface area contributed by atoms with Gasteiger partial charge in [0.2, 0.25) is 0 Å². The molecule has 0 aliphatic carbocycles. The second-order valence-electron chi connectivity index (χ2n) is 5.74. The number of benzene rings is 2. The van der Waals surface area contributed by atoms with Crippen molar-refractivity contribution in [3.05, 3.63) is 83.3 Å². The van der Waals surface area contributed by atoms with Gasteiger partial charge in [-0.05, 0) is 12.1 Å². The summed E-state index contributed by atoms with van der Waals surface area (Å²) in [6, 6.07) is 21.1. The van der Waals surface area contributed by atoms with Gasteiger partial charge < -0.3 is 9.88 Å². The SMILES string of the molecule is Cn1c(=O)c(-c2ccccc2)nc2cnc(Nc3ccccc3)cc21. The van der Waals surface area contributed by atoms with E-state index in [1.54, 1.807) is 17.8 Å². The van der Waals surface area contributed by atoms with E-state index >= 15 is 0 Å². The first-order valence-electron chi connectivity index (χ1n) is 7.96. The number of nitrogens with one attached hydrogen (secondary N) is 1. The van der Waals surface area contributed by atoms with E-state index in [-0.39, 0.29) is 5.56 Å². The molecule has 0 aliphatic heterocycles. The molecule has 25 heavy (non-hydrogen) atoms. The number of fused-ring (bicyclic) bond motifs is 1. The lowest BCUT2D eigenvalue weighted by Gasteiger charge is -2.10. The molecule has 0 radical (unpaired) electrons. The van der Waals surface area contributed by atoms with Gasteiger partial charge in [0.25, 0.3) is 5.56 Å². The van der Waals surface area contributed by atoms with Gasteiger partial charge in [0.1, 0.15) is 17.0 Å².